The maximum absolute atomic E-state index is 12.6. The molecule has 0 radical (unpaired) electrons. The van der Waals surface area contributed by atoms with Crippen LogP contribution in [0.15, 0.2) is 42.5 Å². The number of nitrogens with one attached hydrogen (secondary N) is 1. The Morgan fingerprint density at radius 2 is 1.96 bits per heavy atom. The molecular formula is C20H21ClN2O2. The van der Waals surface area contributed by atoms with E-state index in [0.29, 0.717) is 29.6 Å². The number of carbonyl (C=O) groups excluding carboxylic acids is 1. The number of aryl methyl sites for hydroxylation is 2. The third kappa shape index (κ3) is 3.80. The third-order valence-corrected chi connectivity index (χ3v) is 4.50. The molecule has 1 amide bonds. The number of halogens is 1. The zero-order valence-corrected chi connectivity index (χ0v) is 15.4. The number of aromatic amines is 1. The number of carbonyl (C=O) groups is 1. The topological polar surface area (TPSA) is 45.3 Å². The lowest BCUT2D eigenvalue weighted by molar-refractivity contribution is 0.0769. The molecule has 0 unspecified atom stereocenters. The molecule has 2 aromatic carbocycles. The second-order valence-corrected chi connectivity index (χ2v) is 6.64. The summed E-state index contributed by atoms with van der Waals surface area (Å²) in [6.07, 6.45) is 0. The first-order chi connectivity index (χ1) is 12.0. The van der Waals surface area contributed by atoms with Gasteiger partial charge in [-0.1, -0.05) is 29.8 Å². The van der Waals surface area contributed by atoms with E-state index in [1.165, 1.54) is 5.56 Å². The number of likely N-dealkylation sites (N-methyl/N-ethyl adjacent to an activating group) is 1. The fourth-order valence-electron chi connectivity index (χ4n) is 2.88. The number of hydrogen-bond acceptors (Lipinski definition) is 2. The van der Waals surface area contributed by atoms with Crippen molar-refractivity contribution in [3.8, 4) is 5.75 Å². The van der Waals surface area contributed by atoms with Crippen LogP contribution in [0.4, 0.5) is 0 Å². The minimum atomic E-state index is -0.0592. The van der Waals surface area contributed by atoms with E-state index >= 15 is 0 Å². The molecule has 0 fully saturated rings. The van der Waals surface area contributed by atoms with Gasteiger partial charge >= 0.3 is 0 Å². The molecule has 5 heteroatoms. The molecule has 0 aliphatic carbocycles. The monoisotopic (exact) mass is 356 g/mol. The number of benzene rings is 2. The highest BCUT2D eigenvalue weighted by molar-refractivity contribution is 6.32. The van der Waals surface area contributed by atoms with Crippen LogP contribution in [0.5, 0.6) is 5.75 Å². The fourth-order valence-corrected chi connectivity index (χ4v) is 3.07. The van der Waals surface area contributed by atoms with Gasteiger partial charge in [0.05, 0.1) is 11.6 Å². The highest BCUT2D eigenvalue weighted by Crippen LogP contribution is 2.23. The van der Waals surface area contributed by atoms with Crippen molar-refractivity contribution in [3.05, 3.63) is 64.3 Å². The molecule has 0 spiro atoms. The van der Waals surface area contributed by atoms with E-state index in [1.807, 2.05) is 31.2 Å². The number of hydrogen-bond donors (Lipinski definition) is 1. The molecule has 0 saturated carbocycles. The van der Waals surface area contributed by atoms with Gasteiger partial charge in [0.1, 0.15) is 18.1 Å². The Labute approximate surface area is 152 Å². The number of para-hydroxylation sites is 1. The van der Waals surface area contributed by atoms with Crippen LogP contribution >= 0.6 is 11.6 Å². The van der Waals surface area contributed by atoms with Crippen molar-refractivity contribution in [2.75, 3.05) is 20.2 Å². The summed E-state index contributed by atoms with van der Waals surface area (Å²) in [6.45, 7) is 4.95. The molecule has 1 aromatic heterocycles. The zero-order valence-electron chi connectivity index (χ0n) is 14.6. The Bertz CT molecular complexity index is 917. The van der Waals surface area contributed by atoms with Crippen LogP contribution in [0, 0.1) is 13.8 Å². The van der Waals surface area contributed by atoms with Crippen molar-refractivity contribution in [1.82, 2.24) is 9.88 Å². The molecule has 3 aromatic rings. The standard InChI is InChI=1S/C20H21ClN2O2/c1-13-10-14(2)15-12-18(22-17(15)11-13)20(24)23(3)8-9-25-19-7-5-4-6-16(19)21/h4-7,10-12,22H,8-9H2,1-3H3. The summed E-state index contributed by atoms with van der Waals surface area (Å²) in [5.74, 6) is 0.567. The van der Waals surface area contributed by atoms with Crippen molar-refractivity contribution in [2.45, 2.75) is 13.8 Å². The largest absolute Gasteiger partial charge is 0.490 e. The van der Waals surface area contributed by atoms with Crippen molar-refractivity contribution in [2.24, 2.45) is 0 Å². The van der Waals surface area contributed by atoms with E-state index in [-0.39, 0.29) is 5.91 Å². The first-order valence-electron chi connectivity index (χ1n) is 8.18. The van der Waals surface area contributed by atoms with Gasteiger partial charge in [-0.25, -0.2) is 0 Å². The molecule has 4 nitrogen and oxygen atoms in total. The predicted octanol–water partition coefficient (Wildman–Crippen LogP) is 4.59. The van der Waals surface area contributed by atoms with Crippen molar-refractivity contribution in [1.29, 1.82) is 0 Å². The van der Waals surface area contributed by atoms with Crippen LogP contribution in [0.2, 0.25) is 5.02 Å². The number of nitrogens with zero attached hydrogens (tertiary/aromatic N) is 1. The maximum Gasteiger partial charge on any atom is 0.270 e. The molecule has 3 rings (SSSR count). The number of amides is 1. The summed E-state index contributed by atoms with van der Waals surface area (Å²) in [6, 6.07) is 13.4. The minimum Gasteiger partial charge on any atom is -0.490 e. The van der Waals surface area contributed by atoms with E-state index in [9.17, 15) is 4.79 Å². The Morgan fingerprint density at radius 3 is 2.72 bits per heavy atom. The number of ether oxygens (including phenoxy) is 1. The predicted molar refractivity (Wildman–Crippen MR) is 102 cm³/mol. The first-order valence-corrected chi connectivity index (χ1v) is 8.56. The molecule has 1 N–H and O–H groups in total. The highest BCUT2D eigenvalue weighted by atomic mass is 35.5. The number of fused-ring (bicyclic) bond motifs is 1. The van der Waals surface area contributed by atoms with Gasteiger partial charge in [-0.15, -0.1) is 0 Å². The molecular weight excluding hydrogens is 336 g/mol. The second kappa shape index (κ2) is 7.19. The Balaban J connectivity index is 1.66. The molecule has 0 aliphatic rings. The van der Waals surface area contributed by atoms with Crippen LogP contribution < -0.4 is 4.74 Å². The highest BCUT2D eigenvalue weighted by Gasteiger charge is 2.15. The normalized spacial score (nSPS) is 10.9. The van der Waals surface area contributed by atoms with E-state index < -0.39 is 0 Å². The Morgan fingerprint density at radius 1 is 1.20 bits per heavy atom. The van der Waals surface area contributed by atoms with E-state index in [4.69, 9.17) is 16.3 Å². The minimum absolute atomic E-state index is 0.0592. The molecule has 0 saturated heterocycles. The van der Waals surface area contributed by atoms with Crippen molar-refractivity contribution < 1.29 is 9.53 Å². The summed E-state index contributed by atoms with van der Waals surface area (Å²) < 4.78 is 5.65. The van der Waals surface area contributed by atoms with Gasteiger partial charge < -0.3 is 14.6 Å². The Hall–Kier alpha value is -2.46. The van der Waals surface area contributed by atoms with Gasteiger partial charge in [0.25, 0.3) is 5.91 Å². The van der Waals surface area contributed by atoms with E-state index in [2.05, 4.69) is 24.0 Å². The summed E-state index contributed by atoms with van der Waals surface area (Å²) >= 11 is 6.06. The van der Waals surface area contributed by atoms with E-state index in [0.717, 1.165) is 16.5 Å². The molecule has 25 heavy (non-hydrogen) atoms. The van der Waals surface area contributed by atoms with Crippen LogP contribution in [0.1, 0.15) is 21.6 Å². The van der Waals surface area contributed by atoms with Crippen LogP contribution in [-0.4, -0.2) is 36.0 Å². The maximum atomic E-state index is 12.6. The summed E-state index contributed by atoms with van der Waals surface area (Å²) in [7, 11) is 1.77. The quantitative estimate of drug-likeness (QED) is 0.726. The van der Waals surface area contributed by atoms with Gasteiger partial charge in [-0.2, -0.15) is 0 Å². The van der Waals surface area contributed by atoms with Gasteiger partial charge in [-0.05, 0) is 49.2 Å². The number of H-pyrrole nitrogens is 1. The summed E-state index contributed by atoms with van der Waals surface area (Å²) in [4.78, 5) is 17.5. The van der Waals surface area contributed by atoms with Crippen LogP contribution in [-0.2, 0) is 0 Å². The molecule has 0 bridgehead atoms. The van der Waals surface area contributed by atoms with E-state index in [1.54, 1.807) is 18.0 Å². The molecule has 1 heterocycles. The number of aromatic nitrogens is 1. The molecule has 0 aliphatic heterocycles. The van der Waals surface area contributed by atoms with Gasteiger partial charge in [0, 0.05) is 18.0 Å². The van der Waals surface area contributed by atoms with Crippen molar-refractivity contribution >= 4 is 28.4 Å². The average Bonchev–Trinajstić information content (AvgIpc) is 3.00. The average molecular weight is 357 g/mol. The lowest BCUT2D eigenvalue weighted by atomic mass is 10.1. The lowest BCUT2D eigenvalue weighted by Gasteiger charge is -2.17. The Kier molecular flexibility index (Phi) is 5.00. The van der Waals surface area contributed by atoms with Gasteiger partial charge in [-0.3, -0.25) is 4.79 Å². The van der Waals surface area contributed by atoms with Gasteiger partial charge in [0.15, 0.2) is 0 Å². The number of rotatable bonds is 5. The summed E-state index contributed by atoms with van der Waals surface area (Å²) in [5.41, 5.74) is 3.91. The summed E-state index contributed by atoms with van der Waals surface area (Å²) in [5, 5.41) is 1.65. The molecule has 0 atom stereocenters. The lowest BCUT2D eigenvalue weighted by Crippen LogP contribution is -2.31. The SMILES string of the molecule is Cc1cc(C)c2cc(C(=O)N(C)CCOc3ccccc3Cl)[nH]c2c1. The third-order valence-electron chi connectivity index (χ3n) is 4.19. The smallest absolute Gasteiger partial charge is 0.270 e. The van der Waals surface area contributed by atoms with Crippen LogP contribution in [0.25, 0.3) is 10.9 Å². The van der Waals surface area contributed by atoms with Crippen LogP contribution in [0.3, 0.4) is 0 Å². The first kappa shape index (κ1) is 17.4. The van der Waals surface area contributed by atoms with Gasteiger partial charge in [0.2, 0.25) is 0 Å². The zero-order chi connectivity index (χ0) is 18.0. The second-order valence-electron chi connectivity index (χ2n) is 6.23. The van der Waals surface area contributed by atoms with Crippen molar-refractivity contribution in [3.63, 3.8) is 0 Å². The molecule has 130 valence electrons. The fraction of sp³-hybridized carbons (Fsp3) is 0.250.